The molecule has 1 heterocycles. The number of nitrogens with zero attached hydrogens (tertiary/aromatic N) is 1. The second-order valence-corrected chi connectivity index (χ2v) is 6.05. The lowest BCUT2D eigenvalue weighted by Gasteiger charge is -2.04. The van der Waals surface area contributed by atoms with Crippen molar-refractivity contribution in [3.63, 3.8) is 0 Å². The van der Waals surface area contributed by atoms with Crippen LogP contribution >= 0.6 is 15.9 Å². The molecular formula is C16H15BrN2O. The number of aromatic nitrogens is 1. The molecule has 0 aliphatic rings. The molecular weight excluding hydrogens is 316 g/mol. The van der Waals surface area contributed by atoms with Gasteiger partial charge in [-0.15, -0.1) is 0 Å². The number of halogens is 1. The van der Waals surface area contributed by atoms with Crippen molar-refractivity contribution < 1.29 is 4.42 Å². The van der Waals surface area contributed by atoms with E-state index >= 15 is 0 Å². The number of nitrogen functional groups attached to an aromatic ring is 1. The van der Waals surface area contributed by atoms with E-state index in [1.54, 1.807) is 0 Å². The predicted octanol–water partition coefficient (Wildman–Crippen LogP) is 4.96. The van der Waals surface area contributed by atoms with E-state index in [-0.39, 0.29) is 0 Å². The Morgan fingerprint density at radius 1 is 1.15 bits per heavy atom. The molecule has 0 unspecified atom stereocenters. The summed E-state index contributed by atoms with van der Waals surface area (Å²) in [6.45, 7) is 4.35. The molecule has 3 aromatic rings. The maximum absolute atomic E-state index is 5.95. The van der Waals surface area contributed by atoms with Crippen LogP contribution in [0.5, 0.6) is 0 Å². The molecule has 0 atom stereocenters. The van der Waals surface area contributed by atoms with Crippen LogP contribution in [0.1, 0.15) is 25.3 Å². The van der Waals surface area contributed by atoms with Gasteiger partial charge in [0.05, 0.1) is 5.69 Å². The van der Waals surface area contributed by atoms with Crippen molar-refractivity contribution in [2.24, 2.45) is 0 Å². The molecule has 3 rings (SSSR count). The highest BCUT2D eigenvalue weighted by Gasteiger charge is 2.11. The van der Waals surface area contributed by atoms with Crippen molar-refractivity contribution in [2.45, 2.75) is 19.8 Å². The minimum atomic E-state index is 0.513. The van der Waals surface area contributed by atoms with Crippen molar-refractivity contribution in [2.75, 3.05) is 5.73 Å². The van der Waals surface area contributed by atoms with Crippen molar-refractivity contribution in [1.29, 1.82) is 0 Å². The highest BCUT2D eigenvalue weighted by Crippen LogP contribution is 2.31. The van der Waals surface area contributed by atoms with Crippen molar-refractivity contribution in [3.8, 4) is 11.5 Å². The summed E-state index contributed by atoms with van der Waals surface area (Å²) in [6, 6.07) is 12.0. The zero-order chi connectivity index (χ0) is 14.3. The van der Waals surface area contributed by atoms with Crippen LogP contribution in [0.25, 0.3) is 22.6 Å². The number of anilines is 1. The largest absolute Gasteiger partial charge is 0.434 e. The molecule has 0 aliphatic heterocycles. The lowest BCUT2D eigenvalue weighted by atomic mass is 10.0. The summed E-state index contributed by atoms with van der Waals surface area (Å²) in [5.41, 5.74) is 10.2. The topological polar surface area (TPSA) is 52.0 Å². The summed E-state index contributed by atoms with van der Waals surface area (Å²) >= 11 is 3.41. The molecule has 102 valence electrons. The fourth-order valence-electron chi connectivity index (χ4n) is 2.16. The van der Waals surface area contributed by atoms with Crippen LogP contribution in [0.3, 0.4) is 0 Å². The lowest BCUT2D eigenvalue weighted by Crippen LogP contribution is -1.86. The lowest BCUT2D eigenvalue weighted by molar-refractivity contribution is 0.621. The minimum absolute atomic E-state index is 0.513. The summed E-state index contributed by atoms with van der Waals surface area (Å²) in [7, 11) is 0. The molecule has 0 saturated carbocycles. The van der Waals surface area contributed by atoms with Gasteiger partial charge in [0, 0.05) is 10.0 Å². The van der Waals surface area contributed by atoms with Crippen LogP contribution in [0.15, 0.2) is 45.3 Å². The summed E-state index contributed by atoms with van der Waals surface area (Å²) in [4.78, 5) is 4.50. The fraction of sp³-hybridized carbons (Fsp3) is 0.188. The number of oxazole rings is 1. The summed E-state index contributed by atoms with van der Waals surface area (Å²) < 4.78 is 6.68. The molecule has 0 fully saturated rings. The molecule has 3 nitrogen and oxygen atoms in total. The molecule has 0 amide bonds. The second kappa shape index (κ2) is 4.94. The Balaban J connectivity index is 2.08. The number of rotatable bonds is 2. The van der Waals surface area contributed by atoms with Gasteiger partial charge in [-0.25, -0.2) is 4.98 Å². The van der Waals surface area contributed by atoms with Gasteiger partial charge in [-0.05, 0) is 35.7 Å². The summed E-state index contributed by atoms with van der Waals surface area (Å²) in [5, 5.41) is 0. The Hall–Kier alpha value is -1.81. The quantitative estimate of drug-likeness (QED) is 0.675. The molecule has 4 heteroatoms. The van der Waals surface area contributed by atoms with E-state index in [1.165, 1.54) is 5.56 Å². The van der Waals surface area contributed by atoms with Crippen LogP contribution in [-0.4, -0.2) is 4.98 Å². The van der Waals surface area contributed by atoms with Gasteiger partial charge in [-0.2, -0.15) is 0 Å². The molecule has 1 aromatic heterocycles. The fourth-order valence-corrected chi connectivity index (χ4v) is 2.62. The number of fused-ring (bicyclic) bond motifs is 1. The van der Waals surface area contributed by atoms with E-state index in [9.17, 15) is 0 Å². The number of benzene rings is 2. The standard InChI is InChI=1S/C16H15BrN2O/c1-9(2)10-3-5-11(6-4-10)16-19-14-8-12(17)7-13(18)15(14)20-16/h3-9H,18H2,1-2H3. The summed E-state index contributed by atoms with van der Waals surface area (Å²) in [5.74, 6) is 1.11. The number of hydrogen-bond acceptors (Lipinski definition) is 3. The van der Waals surface area contributed by atoms with E-state index in [0.717, 1.165) is 15.6 Å². The Morgan fingerprint density at radius 2 is 1.85 bits per heavy atom. The molecule has 2 aromatic carbocycles. The van der Waals surface area contributed by atoms with E-state index in [0.29, 0.717) is 23.1 Å². The first-order valence-corrected chi connectivity index (χ1v) is 7.30. The molecule has 0 aliphatic carbocycles. The Bertz CT molecular complexity index is 760. The van der Waals surface area contributed by atoms with E-state index in [4.69, 9.17) is 10.2 Å². The van der Waals surface area contributed by atoms with Gasteiger partial charge in [-0.3, -0.25) is 0 Å². The predicted molar refractivity (Wildman–Crippen MR) is 85.6 cm³/mol. The third-order valence-electron chi connectivity index (χ3n) is 3.31. The normalized spacial score (nSPS) is 11.4. The molecule has 0 spiro atoms. The maximum atomic E-state index is 5.95. The zero-order valence-electron chi connectivity index (χ0n) is 11.4. The van der Waals surface area contributed by atoms with Gasteiger partial charge in [-0.1, -0.05) is 41.9 Å². The SMILES string of the molecule is CC(C)c1ccc(-c2nc3cc(Br)cc(N)c3o2)cc1. The molecule has 0 bridgehead atoms. The average molecular weight is 331 g/mol. The zero-order valence-corrected chi connectivity index (χ0v) is 12.9. The van der Waals surface area contributed by atoms with Gasteiger partial charge in [0.2, 0.25) is 5.89 Å². The first-order chi connectivity index (χ1) is 9.54. The van der Waals surface area contributed by atoms with Crippen molar-refractivity contribution in [3.05, 3.63) is 46.4 Å². The van der Waals surface area contributed by atoms with Crippen LogP contribution < -0.4 is 5.73 Å². The molecule has 20 heavy (non-hydrogen) atoms. The summed E-state index contributed by atoms with van der Waals surface area (Å²) in [6.07, 6.45) is 0. The Kier molecular flexibility index (Phi) is 3.26. The van der Waals surface area contributed by atoms with Crippen molar-refractivity contribution >= 4 is 32.7 Å². The van der Waals surface area contributed by atoms with Crippen LogP contribution in [0, 0.1) is 0 Å². The molecule has 0 saturated heterocycles. The average Bonchev–Trinajstić information content (AvgIpc) is 2.83. The monoisotopic (exact) mass is 330 g/mol. The first-order valence-electron chi connectivity index (χ1n) is 6.50. The third-order valence-corrected chi connectivity index (χ3v) is 3.77. The maximum Gasteiger partial charge on any atom is 0.227 e. The van der Waals surface area contributed by atoms with E-state index in [1.807, 2.05) is 24.3 Å². The van der Waals surface area contributed by atoms with Crippen molar-refractivity contribution in [1.82, 2.24) is 4.98 Å². The highest BCUT2D eigenvalue weighted by atomic mass is 79.9. The van der Waals surface area contributed by atoms with E-state index in [2.05, 4.69) is 46.9 Å². The number of hydrogen-bond donors (Lipinski definition) is 1. The first kappa shape index (κ1) is 13.2. The van der Waals surface area contributed by atoms with Crippen LogP contribution in [0.4, 0.5) is 5.69 Å². The second-order valence-electron chi connectivity index (χ2n) is 5.14. The van der Waals surface area contributed by atoms with Crippen LogP contribution in [0.2, 0.25) is 0 Å². The molecule has 2 N–H and O–H groups in total. The van der Waals surface area contributed by atoms with Gasteiger partial charge in [0.1, 0.15) is 5.52 Å². The van der Waals surface area contributed by atoms with Gasteiger partial charge in [0.25, 0.3) is 0 Å². The Labute approximate surface area is 125 Å². The minimum Gasteiger partial charge on any atom is -0.434 e. The van der Waals surface area contributed by atoms with E-state index < -0.39 is 0 Å². The number of nitrogens with two attached hydrogens (primary N) is 1. The molecule has 0 radical (unpaired) electrons. The van der Waals surface area contributed by atoms with Gasteiger partial charge < -0.3 is 10.2 Å². The smallest absolute Gasteiger partial charge is 0.227 e. The van der Waals surface area contributed by atoms with Gasteiger partial charge >= 0.3 is 0 Å². The van der Waals surface area contributed by atoms with Crippen LogP contribution in [-0.2, 0) is 0 Å². The highest BCUT2D eigenvalue weighted by molar-refractivity contribution is 9.10. The third kappa shape index (κ3) is 2.31. The van der Waals surface area contributed by atoms with Gasteiger partial charge in [0.15, 0.2) is 5.58 Å². The Morgan fingerprint density at radius 3 is 2.50 bits per heavy atom.